The Balaban J connectivity index is 1.62. The summed E-state index contributed by atoms with van der Waals surface area (Å²) in [7, 11) is -1.56. The number of nitrogens with one attached hydrogen (secondary N) is 1. The Kier molecular flexibility index (Phi) is 8.05. The molecule has 3 rings (SSSR count). The standard InChI is InChI=1S/C24H33N3O4S/c1-5-26(4)17-21-8-6-7-20(13-21)14-25-24(28)22-9-11-23(12-10-22)32(29,30)27-15-18(2)31-19(3)16-27/h6-13,18-19H,5,14-17H2,1-4H3,(H,25,28)/t18-,19-/m1/s1. The highest BCUT2D eigenvalue weighted by molar-refractivity contribution is 7.89. The summed E-state index contributed by atoms with van der Waals surface area (Å²) in [4.78, 5) is 15.0. The molecule has 0 spiro atoms. The first kappa shape index (κ1) is 24.4. The van der Waals surface area contributed by atoms with Crippen LogP contribution >= 0.6 is 0 Å². The summed E-state index contributed by atoms with van der Waals surface area (Å²) >= 11 is 0. The molecular weight excluding hydrogens is 426 g/mol. The third-order valence-corrected chi connectivity index (χ3v) is 7.42. The van der Waals surface area contributed by atoms with Crippen LogP contribution in [0.15, 0.2) is 53.4 Å². The van der Waals surface area contributed by atoms with Crippen LogP contribution in [0, 0.1) is 0 Å². The summed E-state index contributed by atoms with van der Waals surface area (Å²) in [5, 5.41) is 2.91. The van der Waals surface area contributed by atoms with Crippen molar-refractivity contribution in [1.29, 1.82) is 0 Å². The number of hydrogen-bond donors (Lipinski definition) is 1. The quantitative estimate of drug-likeness (QED) is 0.657. The smallest absolute Gasteiger partial charge is 0.251 e. The van der Waals surface area contributed by atoms with Crippen LogP contribution in [0.5, 0.6) is 0 Å². The van der Waals surface area contributed by atoms with E-state index in [0.717, 1.165) is 18.7 Å². The lowest BCUT2D eigenvalue weighted by Crippen LogP contribution is -2.48. The number of carbonyl (C=O) groups excluding carboxylic acids is 1. The molecule has 1 fully saturated rings. The molecule has 2 atom stereocenters. The molecule has 0 unspecified atom stereocenters. The largest absolute Gasteiger partial charge is 0.373 e. The van der Waals surface area contributed by atoms with Gasteiger partial charge in [0, 0.05) is 31.7 Å². The Hall–Kier alpha value is -2.26. The monoisotopic (exact) mass is 459 g/mol. The number of hydrogen-bond acceptors (Lipinski definition) is 5. The van der Waals surface area contributed by atoms with Crippen molar-refractivity contribution < 1.29 is 17.9 Å². The minimum atomic E-state index is -3.62. The summed E-state index contributed by atoms with van der Waals surface area (Å²) in [5.41, 5.74) is 2.65. The first-order chi connectivity index (χ1) is 15.2. The molecule has 2 aromatic carbocycles. The molecule has 8 heteroatoms. The zero-order chi connectivity index (χ0) is 23.3. The van der Waals surface area contributed by atoms with Gasteiger partial charge in [-0.25, -0.2) is 8.42 Å². The number of sulfonamides is 1. The predicted octanol–water partition coefficient (Wildman–Crippen LogP) is 2.87. The van der Waals surface area contributed by atoms with Crippen molar-refractivity contribution in [3.8, 4) is 0 Å². The summed E-state index contributed by atoms with van der Waals surface area (Å²) in [6.07, 6.45) is -0.307. The van der Waals surface area contributed by atoms with Gasteiger partial charge in [0.15, 0.2) is 0 Å². The first-order valence-corrected chi connectivity index (χ1v) is 12.4. The van der Waals surface area contributed by atoms with Gasteiger partial charge in [0.2, 0.25) is 10.0 Å². The molecule has 0 aromatic heterocycles. The van der Waals surface area contributed by atoms with E-state index in [4.69, 9.17) is 4.74 Å². The van der Waals surface area contributed by atoms with Crippen molar-refractivity contribution in [2.75, 3.05) is 26.7 Å². The minimum absolute atomic E-state index is 0.153. The molecule has 2 aromatic rings. The van der Waals surface area contributed by atoms with E-state index in [1.165, 1.54) is 22.0 Å². The summed E-state index contributed by atoms with van der Waals surface area (Å²) in [6.45, 7) is 8.72. The van der Waals surface area contributed by atoms with Crippen molar-refractivity contribution in [2.24, 2.45) is 0 Å². The molecule has 1 aliphatic rings. The molecule has 1 heterocycles. The lowest BCUT2D eigenvalue weighted by atomic mass is 10.1. The van der Waals surface area contributed by atoms with E-state index in [-0.39, 0.29) is 23.0 Å². The Morgan fingerprint density at radius 2 is 1.72 bits per heavy atom. The number of benzene rings is 2. The van der Waals surface area contributed by atoms with E-state index in [0.29, 0.717) is 25.2 Å². The van der Waals surface area contributed by atoms with E-state index in [1.54, 1.807) is 12.1 Å². The maximum Gasteiger partial charge on any atom is 0.251 e. The Morgan fingerprint density at radius 3 is 2.34 bits per heavy atom. The maximum atomic E-state index is 13.0. The second-order valence-corrected chi connectivity index (χ2v) is 10.4. The highest BCUT2D eigenvalue weighted by atomic mass is 32.2. The molecule has 0 bridgehead atoms. The average molecular weight is 460 g/mol. The lowest BCUT2D eigenvalue weighted by Gasteiger charge is -2.34. The van der Waals surface area contributed by atoms with E-state index in [9.17, 15) is 13.2 Å². The van der Waals surface area contributed by atoms with Crippen LogP contribution in [-0.2, 0) is 27.8 Å². The average Bonchev–Trinajstić information content (AvgIpc) is 2.77. The fourth-order valence-corrected chi connectivity index (χ4v) is 5.39. The Labute approximate surface area is 191 Å². The van der Waals surface area contributed by atoms with Gasteiger partial charge < -0.3 is 15.0 Å². The van der Waals surface area contributed by atoms with Gasteiger partial charge in [0.05, 0.1) is 17.1 Å². The number of rotatable bonds is 8. The van der Waals surface area contributed by atoms with Crippen LogP contribution in [0.4, 0.5) is 0 Å². The fraction of sp³-hybridized carbons (Fsp3) is 0.458. The van der Waals surface area contributed by atoms with Gasteiger partial charge in [-0.2, -0.15) is 4.31 Å². The van der Waals surface area contributed by atoms with Crippen LogP contribution < -0.4 is 5.32 Å². The van der Waals surface area contributed by atoms with Gasteiger partial charge >= 0.3 is 0 Å². The molecule has 7 nitrogen and oxygen atoms in total. The molecule has 174 valence electrons. The zero-order valence-corrected chi connectivity index (χ0v) is 20.1. The van der Waals surface area contributed by atoms with Crippen LogP contribution in [-0.4, -0.2) is 62.4 Å². The third-order valence-electron chi connectivity index (χ3n) is 5.58. The number of carbonyl (C=O) groups is 1. The number of morpholine rings is 1. The molecule has 1 aliphatic heterocycles. The number of amides is 1. The summed E-state index contributed by atoms with van der Waals surface area (Å²) < 4.78 is 33.0. The van der Waals surface area contributed by atoms with Crippen LogP contribution in [0.25, 0.3) is 0 Å². The van der Waals surface area contributed by atoms with Gasteiger partial charge in [0.25, 0.3) is 5.91 Å². The molecule has 1 N–H and O–H groups in total. The van der Waals surface area contributed by atoms with Gasteiger partial charge in [0.1, 0.15) is 0 Å². The topological polar surface area (TPSA) is 79.0 Å². The third kappa shape index (κ3) is 6.16. The van der Waals surface area contributed by atoms with Crippen LogP contribution in [0.1, 0.15) is 42.3 Å². The summed E-state index contributed by atoms with van der Waals surface area (Å²) in [6, 6.07) is 14.2. The Morgan fingerprint density at radius 1 is 1.09 bits per heavy atom. The second-order valence-electron chi connectivity index (χ2n) is 8.44. The van der Waals surface area contributed by atoms with Crippen molar-refractivity contribution in [3.63, 3.8) is 0 Å². The molecule has 1 amide bonds. The molecule has 1 saturated heterocycles. The second kappa shape index (κ2) is 10.6. The Bertz CT molecular complexity index is 1010. The molecule has 0 radical (unpaired) electrons. The zero-order valence-electron chi connectivity index (χ0n) is 19.2. The van der Waals surface area contributed by atoms with E-state index >= 15 is 0 Å². The van der Waals surface area contributed by atoms with Gasteiger partial charge in [-0.05, 0) is 62.8 Å². The maximum absolute atomic E-state index is 13.0. The van der Waals surface area contributed by atoms with E-state index in [2.05, 4.69) is 36.3 Å². The van der Waals surface area contributed by atoms with E-state index in [1.807, 2.05) is 26.0 Å². The SMILES string of the molecule is CCN(C)Cc1cccc(CNC(=O)c2ccc(S(=O)(=O)N3C[C@@H](C)O[C@H](C)C3)cc2)c1. The number of nitrogens with zero attached hydrogens (tertiary/aromatic N) is 2. The molecular formula is C24H33N3O4S. The highest BCUT2D eigenvalue weighted by Gasteiger charge is 2.32. The van der Waals surface area contributed by atoms with Gasteiger partial charge in [-0.3, -0.25) is 4.79 Å². The predicted molar refractivity (Wildman–Crippen MR) is 125 cm³/mol. The van der Waals surface area contributed by atoms with Gasteiger partial charge in [-0.15, -0.1) is 0 Å². The van der Waals surface area contributed by atoms with Gasteiger partial charge in [-0.1, -0.05) is 31.2 Å². The highest BCUT2D eigenvalue weighted by Crippen LogP contribution is 2.21. The molecule has 0 aliphatic carbocycles. The van der Waals surface area contributed by atoms with Crippen molar-refractivity contribution in [2.45, 2.75) is 51.0 Å². The molecule has 0 saturated carbocycles. The number of ether oxygens (including phenoxy) is 1. The van der Waals surface area contributed by atoms with E-state index < -0.39 is 10.0 Å². The fourth-order valence-electron chi connectivity index (χ4n) is 3.80. The minimum Gasteiger partial charge on any atom is -0.373 e. The summed E-state index contributed by atoms with van der Waals surface area (Å²) in [5.74, 6) is -0.237. The van der Waals surface area contributed by atoms with Crippen molar-refractivity contribution in [1.82, 2.24) is 14.5 Å². The first-order valence-electron chi connectivity index (χ1n) is 11.0. The normalized spacial score (nSPS) is 19.8. The van der Waals surface area contributed by atoms with Crippen LogP contribution in [0.2, 0.25) is 0 Å². The van der Waals surface area contributed by atoms with Crippen molar-refractivity contribution >= 4 is 15.9 Å². The van der Waals surface area contributed by atoms with Crippen LogP contribution in [0.3, 0.4) is 0 Å². The molecule has 32 heavy (non-hydrogen) atoms. The van der Waals surface area contributed by atoms with Crippen molar-refractivity contribution in [3.05, 3.63) is 65.2 Å². The lowest BCUT2D eigenvalue weighted by molar-refractivity contribution is -0.0440.